The van der Waals surface area contributed by atoms with Crippen LogP contribution >= 0.6 is 0 Å². The number of carbonyl (C=O) groups is 2. The lowest BCUT2D eigenvalue weighted by Gasteiger charge is -2.50. The zero-order chi connectivity index (χ0) is 28.2. The van der Waals surface area contributed by atoms with Gasteiger partial charge >= 0.3 is 12.1 Å². The summed E-state index contributed by atoms with van der Waals surface area (Å²) in [6.07, 6.45) is 14.6. The van der Waals surface area contributed by atoms with E-state index >= 15 is 0 Å². The number of nitrogens with zero attached hydrogens (tertiary/aromatic N) is 2. The summed E-state index contributed by atoms with van der Waals surface area (Å²) in [6.45, 7) is 9.47. The third-order valence-electron chi connectivity index (χ3n) is 9.03. The molecule has 3 fully saturated rings. The predicted molar refractivity (Wildman–Crippen MR) is 161 cm³/mol. The van der Waals surface area contributed by atoms with E-state index in [1.165, 1.54) is 75.3 Å². The first kappa shape index (κ1) is 28.3. The van der Waals surface area contributed by atoms with Gasteiger partial charge in [0.1, 0.15) is 0 Å². The molecule has 3 heterocycles. The van der Waals surface area contributed by atoms with Crippen LogP contribution in [0.4, 0.5) is 9.59 Å². The zero-order valence-corrected chi connectivity index (χ0v) is 24.4. The summed E-state index contributed by atoms with van der Waals surface area (Å²) in [6, 6.07) is 16.7. The molecule has 4 amide bonds. The lowest BCUT2D eigenvalue weighted by molar-refractivity contribution is -0.0217. The fourth-order valence-electron chi connectivity index (χ4n) is 6.94. The van der Waals surface area contributed by atoms with E-state index < -0.39 is 11.3 Å². The number of aryl methyl sites for hydroxylation is 2. The molecule has 2 N–H and O–H groups in total. The average Bonchev–Trinajstić information content (AvgIpc) is 3.36. The van der Waals surface area contributed by atoms with Gasteiger partial charge in [0.2, 0.25) is 0 Å². The lowest BCUT2D eigenvalue weighted by Crippen LogP contribution is -2.65. The standard InChI is InChI=1S/C34H46N4O2/c1-4-6-8-10-12-14-27-16-20-29(21-17-27)33-34(30-22-18-28(19-23-30)15-13-11-9-7-5-2)37(31(39)35-33)24-26(3)25-38(34)32(40)36-33/h16-23H,3-15,24-25H2,1-2H3,(H,35,39)(H,36,40). The number of nitrogens with one attached hydrogen (secondary N) is 2. The Morgan fingerprint density at radius 2 is 1.07 bits per heavy atom. The van der Waals surface area contributed by atoms with Crippen LogP contribution in [0.25, 0.3) is 0 Å². The summed E-state index contributed by atoms with van der Waals surface area (Å²) in [5.74, 6) is 0. The topological polar surface area (TPSA) is 64.7 Å². The molecular formula is C34H46N4O2. The monoisotopic (exact) mass is 542 g/mol. The quantitative estimate of drug-likeness (QED) is 0.194. The third kappa shape index (κ3) is 4.90. The molecule has 0 radical (unpaired) electrons. The summed E-state index contributed by atoms with van der Waals surface area (Å²) in [5, 5.41) is 6.47. The molecule has 3 saturated heterocycles. The molecule has 0 bridgehead atoms. The van der Waals surface area contributed by atoms with Gasteiger partial charge in [0.05, 0.1) is 0 Å². The molecule has 3 aliphatic heterocycles. The summed E-state index contributed by atoms with van der Waals surface area (Å²) < 4.78 is 0. The van der Waals surface area contributed by atoms with Crippen LogP contribution in [0.5, 0.6) is 0 Å². The largest absolute Gasteiger partial charge is 0.322 e. The number of rotatable bonds is 14. The Morgan fingerprint density at radius 1 is 0.650 bits per heavy atom. The normalized spacial score (nSPS) is 23.4. The van der Waals surface area contributed by atoms with E-state index in [0.29, 0.717) is 13.1 Å². The molecule has 6 nitrogen and oxygen atoms in total. The molecular weight excluding hydrogens is 496 g/mol. The van der Waals surface area contributed by atoms with Crippen LogP contribution in [0.1, 0.15) is 100 Å². The van der Waals surface area contributed by atoms with E-state index in [2.05, 4.69) is 79.6 Å². The predicted octanol–water partition coefficient (Wildman–Crippen LogP) is 7.34. The summed E-state index contributed by atoms with van der Waals surface area (Å²) in [7, 11) is 0. The van der Waals surface area contributed by atoms with Crippen molar-refractivity contribution in [3.63, 3.8) is 0 Å². The Labute approximate surface area is 240 Å². The average molecular weight is 543 g/mol. The molecule has 2 aromatic carbocycles. The molecule has 0 saturated carbocycles. The number of carbonyl (C=O) groups excluding carboxylic acids is 2. The van der Waals surface area contributed by atoms with Crippen LogP contribution in [0.2, 0.25) is 0 Å². The van der Waals surface area contributed by atoms with Crippen molar-refractivity contribution in [2.75, 3.05) is 13.1 Å². The van der Waals surface area contributed by atoms with E-state index in [0.717, 1.165) is 29.5 Å². The molecule has 214 valence electrons. The maximum Gasteiger partial charge on any atom is 0.322 e. The molecule has 0 spiro atoms. The maximum atomic E-state index is 13.6. The number of hydrogen-bond donors (Lipinski definition) is 2. The van der Waals surface area contributed by atoms with Crippen LogP contribution in [0.15, 0.2) is 60.7 Å². The fourth-order valence-corrected chi connectivity index (χ4v) is 6.94. The van der Waals surface area contributed by atoms with E-state index in [9.17, 15) is 9.59 Å². The van der Waals surface area contributed by atoms with Gasteiger partial charge in [-0.1, -0.05) is 120 Å². The van der Waals surface area contributed by atoms with Gasteiger partial charge < -0.3 is 10.6 Å². The highest BCUT2D eigenvalue weighted by Crippen LogP contribution is 2.55. The summed E-state index contributed by atoms with van der Waals surface area (Å²) >= 11 is 0. The highest BCUT2D eigenvalue weighted by molar-refractivity contribution is 5.90. The van der Waals surface area contributed by atoms with Crippen LogP contribution in [-0.4, -0.2) is 35.0 Å². The molecule has 40 heavy (non-hydrogen) atoms. The van der Waals surface area contributed by atoms with Crippen molar-refractivity contribution in [1.29, 1.82) is 0 Å². The Hall–Kier alpha value is -3.28. The van der Waals surface area contributed by atoms with Crippen molar-refractivity contribution in [2.45, 2.75) is 102 Å². The van der Waals surface area contributed by atoms with E-state index in [-0.39, 0.29) is 12.1 Å². The molecule has 5 rings (SSSR count). The Balaban J connectivity index is 1.45. The Bertz CT molecular complexity index is 1170. The summed E-state index contributed by atoms with van der Waals surface area (Å²) in [5.41, 5.74) is 3.15. The van der Waals surface area contributed by atoms with Crippen LogP contribution in [0, 0.1) is 0 Å². The van der Waals surface area contributed by atoms with Crippen molar-refractivity contribution >= 4 is 12.1 Å². The van der Waals surface area contributed by atoms with Gasteiger partial charge in [-0.15, -0.1) is 0 Å². The highest BCUT2D eigenvalue weighted by atomic mass is 16.2. The molecule has 0 aromatic heterocycles. The van der Waals surface area contributed by atoms with Crippen LogP contribution in [0.3, 0.4) is 0 Å². The molecule has 6 heteroatoms. The minimum Gasteiger partial charge on any atom is -0.307 e. The molecule has 0 unspecified atom stereocenters. The van der Waals surface area contributed by atoms with Crippen molar-refractivity contribution in [3.05, 3.63) is 82.9 Å². The van der Waals surface area contributed by atoms with Gasteiger partial charge in [0, 0.05) is 24.2 Å². The second kappa shape index (κ2) is 12.1. The Kier molecular flexibility index (Phi) is 8.53. The van der Waals surface area contributed by atoms with E-state index in [1.54, 1.807) is 9.80 Å². The zero-order valence-electron chi connectivity index (χ0n) is 24.4. The molecule has 3 aliphatic rings. The van der Waals surface area contributed by atoms with Gasteiger partial charge in [0.15, 0.2) is 11.3 Å². The Morgan fingerprint density at radius 3 is 1.52 bits per heavy atom. The maximum absolute atomic E-state index is 13.6. The van der Waals surface area contributed by atoms with Gasteiger partial charge in [-0.05, 0) is 42.4 Å². The number of unbranched alkanes of at least 4 members (excludes halogenated alkanes) is 8. The second-order valence-electron chi connectivity index (χ2n) is 11.9. The fraction of sp³-hybridized carbons (Fsp3) is 0.529. The van der Waals surface area contributed by atoms with Crippen molar-refractivity contribution in [1.82, 2.24) is 20.4 Å². The van der Waals surface area contributed by atoms with Crippen LogP contribution < -0.4 is 10.6 Å². The number of benzene rings is 2. The summed E-state index contributed by atoms with van der Waals surface area (Å²) in [4.78, 5) is 30.8. The van der Waals surface area contributed by atoms with Gasteiger partial charge in [-0.3, -0.25) is 9.80 Å². The smallest absolute Gasteiger partial charge is 0.307 e. The molecule has 2 aromatic rings. The van der Waals surface area contributed by atoms with E-state index in [1.807, 2.05) is 0 Å². The lowest BCUT2D eigenvalue weighted by atomic mass is 9.79. The van der Waals surface area contributed by atoms with Gasteiger partial charge in [0.25, 0.3) is 0 Å². The first-order valence-corrected chi connectivity index (χ1v) is 15.5. The van der Waals surface area contributed by atoms with Crippen molar-refractivity contribution in [2.24, 2.45) is 0 Å². The first-order chi connectivity index (χ1) is 19.5. The number of urea groups is 2. The third-order valence-corrected chi connectivity index (χ3v) is 9.03. The molecule has 0 atom stereocenters. The molecule has 0 aliphatic carbocycles. The SMILES string of the molecule is C=C1CN2C(=O)NC3(c4ccc(CCCCCCC)cc4)NC(=O)N(C1)C23c1ccc(CCCCCCC)cc1. The van der Waals surface area contributed by atoms with Crippen molar-refractivity contribution in [3.8, 4) is 0 Å². The van der Waals surface area contributed by atoms with Crippen molar-refractivity contribution < 1.29 is 9.59 Å². The van der Waals surface area contributed by atoms with Crippen LogP contribution in [-0.2, 0) is 24.2 Å². The van der Waals surface area contributed by atoms with E-state index in [4.69, 9.17) is 0 Å². The minimum atomic E-state index is -1.09. The number of amides is 4. The second-order valence-corrected chi connectivity index (χ2v) is 11.9. The van der Waals surface area contributed by atoms with Gasteiger partial charge in [-0.2, -0.15) is 0 Å². The highest BCUT2D eigenvalue weighted by Gasteiger charge is 2.74. The number of hydrogen-bond acceptors (Lipinski definition) is 2. The minimum absolute atomic E-state index is 0.189. The first-order valence-electron chi connectivity index (χ1n) is 15.5. The van der Waals surface area contributed by atoms with Gasteiger partial charge in [-0.25, -0.2) is 9.59 Å².